The van der Waals surface area contributed by atoms with Crippen molar-refractivity contribution in [3.05, 3.63) is 0 Å². The van der Waals surface area contributed by atoms with Gasteiger partial charge in [0.2, 0.25) is 0 Å². The molecular formula is C12H24N2O2. The molecule has 2 rings (SSSR count). The van der Waals surface area contributed by atoms with Crippen molar-refractivity contribution in [2.45, 2.75) is 44.6 Å². The van der Waals surface area contributed by atoms with Gasteiger partial charge in [0, 0.05) is 19.1 Å². The molecule has 0 aromatic rings. The summed E-state index contributed by atoms with van der Waals surface area (Å²) in [5, 5.41) is 3.48. The molecule has 1 saturated heterocycles. The molecule has 0 radical (unpaired) electrons. The van der Waals surface area contributed by atoms with Gasteiger partial charge in [-0.15, -0.1) is 0 Å². The van der Waals surface area contributed by atoms with Crippen LogP contribution in [0.4, 0.5) is 0 Å². The molecule has 0 aromatic heterocycles. The van der Waals surface area contributed by atoms with Crippen molar-refractivity contribution in [1.82, 2.24) is 10.2 Å². The summed E-state index contributed by atoms with van der Waals surface area (Å²) in [5.41, 5.74) is 0. The largest absolute Gasteiger partial charge is 0.349 e. The van der Waals surface area contributed by atoms with E-state index in [2.05, 4.69) is 17.3 Å². The van der Waals surface area contributed by atoms with Crippen LogP contribution < -0.4 is 5.32 Å². The van der Waals surface area contributed by atoms with E-state index >= 15 is 0 Å². The third kappa shape index (κ3) is 3.70. The van der Waals surface area contributed by atoms with Crippen LogP contribution in [0.3, 0.4) is 0 Å². The van der Waals surface area contributed by atoms with E-state index in [1.165, 1.54) is 12.8 Å². The molecule has 1 saturated carbocycles. The summed E-state index contributed by atoms with van der Waals surface area (Å²) >= 11 is 0. The first-order chi connectivity index (χ1) is 7.57. The van der Waals surface area contributed by atoms with Crippen LogP contribution in [0.15, 0.2) is 0 Å². The average Bonchev–Trinajstić information content (AvgIpc) is 3.04. The Kier molecular flexibility index (Phi) is 3.85. The summed E-state index contributed by atoms with van der Waals surface area (Å²) in [4.78, 5) is 2.43. The van der Waals surface area contributed by atoms with Crippen LogP contribution >= 0.6 is 0 Å². The van der Waals surface area contributed by atoms with E-state index in [0.717, 1.165) is 32.3 Å². The molecule has 1 N–H and O–H groups in total. The molecule has 4 nitrogen and oxygen atoms in total. The lowest BCUT2D eigenvalue weighted by molar-refractivity contribution is -0.252. The van der Waals surface area contributed by atoms with Gasteiger partial charge in [0.1, 0.15) is 0 Å². The summed E-state index contributed by atoms with van der Waals surface area (Å²) in [6.07, 6.45) is 2.75. The van der Waals surface area contributed by atoms with Gasteiger partial charge in [0.05, 0.1) is 19.3 Å². The molecule has 0 amide bonds. The van der Waals surface area contributed by atoms with Crippen LogP contribution in [0.25, 0.3) is 0 Å². The molecule has 0 atom stereocenters. The third-order valence-corrected chi connectivity index (χ3v) is 3.33. The molecule has 1 aliphatic carbocycles. The van der Waals surface area contributed by atoms with Crippen molar-refractivity contribution in [3.8, 4) is 0 Å². The fraction of sp³-hybridized carbons (Fsp3) is 1.00. The summed E-state index contributed by atoms with van der Waals surface area (Å²) in [6, 6.07) is 1.19. The SMILES string of the molecule is CN(CCNC1COC(C)(C)OC1)C1CC1. The maximum atomic E-state index is 5.60. The van der Waals surface area contributed by atoms with Gasteiger partial charge < -0.3 is 19.7 Å². The predicted octanol–water partition coefficient (Wildman–Crippen LogP) is 0.822. The molecule has 0 aromatic carbocycles. The summed E-state index contributed by atoms with van der Waals surface area (Å²) in [7, 11) is 2.20. The second-order valence-electron chi connectivity index (χ2n) is 5.38. The standard InChI is InChI=1S/C12H24N2O2/c1-12(2)15-8-10(9-16-12)13-6-7-14(3)11-4-5-11/h10-11,13H,4-9H2,1-3H3. The molecule has 2 fully saturated rings. The number of nitrogens with zero attached hydrogens (tertiary/aromatic N) is 1. The maximum Gasteiger partial charge on any atom is 0.162 e. The van der Waals surface area contributed by atoms with E-state index in [1.807, 2.05) is 13.8 Å². The molecule has 0 spiro atoms. The maximum absolute atomic E-state index is 5.60. The molecule has 0 bridgehead atoms. The van der Waals surface area contributed by atoms with E-state index in [9.17, 15) is 0 Å². The smallest absolute Gasteiger partial charge is 0.162 e. The Morgan fingerprint density at radius 2 is 1.88 bits per heavy atom. The number of hydrogen-bond acceptors (Lipinski definition) is 4. The third-order valence-electron chi connectivity index (χ3n) is 3.33. The summed E-state index contributed by atoms with van der Waals surface area (Å²) < 4.78 is 11.2. The lowest BCUT2D eigenvalue weighted by Gasteiger charge is -2.35. The topological polar surface area (TPSA) is 33.7 Å². The second kappa shape index (κ2) is 5.00. The van der Waals surface area contributed by atoms with E-state index < -0.39 is 5.79 Å². The second-order valence-corrected chi connectivity index (χ2v) is 5.38. The van der Waals surface area contributed by atoms with Crippen molar-refractivity contribution < 1.29 is 9.47 Å². The Morgan fingerprint density at radius 3 is 2.44 bits per heavy atom. The van der Waals surface area contributed by atoms with E-state index in [-0.39, 0.29) is 0 Å². The predicted molar refractivity (Wildman–Crippen MR) is 63.4 cm³/mol. The van der Waals surface area contributed by atoms with Gasteiger partial charge in [0.15, 0.2) is 5.79 Å². The van der Waals surface area contributed by atoms with Crippen LogP contribution in [0.2, 0.25) is 0 Å². The highest BCUT2D eigenvalue weighted by Crippen LogP contribution is 2.24. The van der Waals surface area contributed by atoms with Crippen LogP contribution in [0, 0.1) is 0 Å². The minimum atomic E-state index is -0.400. The van der Waals surface area contributed by atoms with Crippen LogP contribution in [0.1, 0.15) is 26.7 Å². The van der Waals surface area contributed by atoms with Crippen molar-refractivity contribution in [2.75, 3.05) is 33.4 Å². The van der Waals surface area contributed by atoms with Gasteiger partial charge in [-0.2, -0.15) is 0 Å². The highest BCUT2D eigenvalue weighted by Gasteiger charge is 2.28. The molecule has 4 heteroatoms. The number of ether oxygens (including phenoxy) is 2. The van der Waals surface area contributed by atoms with Gasteiger partial charge in [-0.3, -0.25) is 0 Å². The fourth-order valence-corrected chi connectivity index (χ4v) is 1.95. The van der Waals surface area contributed by atoms with Gasteiger partial charge >= 0.3 is 0 Å². The van der Waals surface area contributed by atoms with Crippen molar-refractivity contribution in [3.63, 3.8) is 0 Å². The van der Waals surface area contributed by atoms with Crippen LogP contribution in [-0.2, 0) is 9.47 Å². The Labute approximate surface area is 98.3 Å². The zero-order valence-corrected chi connectivity index (χ0v) is 10.7. The Hall–Kier alpha value is -0.160. The first-order valence-electron chi connectivity index (χ1n) is 6.28. The van der Waals surface area contributed by atoms with Gasteiger partial charge in [-0.25, -0.2) is 0 Å². The molecule has 16 heavy (non-hydrogen) atoms. The first kappa shape index (κ1) is 12.3. The monoisotopic (exact) mass is 228 g/mol. The zero-order valence-electron chi connectivity index (χ0n) is 10.7. The minimum absolute atomic E-state index is 0.348. The van der Waals surface area contributed by atoms with Crippen molar-refractivity contribution in [1.29, 1.82) is 0 Å². The summed E-state index contributed by atoms with van der Waals surface area (Å²) in [5.74, 6) is -0.400. The van der Waals surface area contributed by atoms with Crippen LogP contribution in [-0.4, -0.2) is 56.1 Å². The molecule has 0 unspecified atom stereocenters. The number of hydrogen-bond donors (Lipinski definition) is 1. The normalized spacial score (nSPS) is 26.2. The molecule has 94 valence electrons. The van der Waals surface area contributed by atoms with Gasteiger partial charge in [0.25, 0.3) is 0 Å². The Morgan fingerprint density at radius 1 is 1.25 bits per heavy atom. The highest BCUT2D eigenvalue weighted by molar-refractivity contribution is 4.83. The van der Waals surface area contributed by atoms with Crippen LogP contribution in [0.5, 0.6) is 0 Å². The number of likely N-dealkylation sites (N-methyl/N-ethyl adjacent to an activating group) is 1. The molecule has 1 aliphatic heterocycles. The average molecular weight is 228 g/mol. The number of rotatable bonds is 5. The lowest BCUT2D eigenvalue weighted by atomic mass is 10.2. The number of nitrogens with one attached hydrogen (secondary N) is 1. The first-order valence-corrected chi connectivity index (χ1v) is 6.28. The highest BCUT2D eigenvalue weighted by atomic mass is 16.7. The molecular weight excluding hydrogens is 204 g/mol. The minimum Gasteiger partial charge on any atom is -0.349 e. The fourth-order valence-electron chi connectivity index (χ4n) is 1.95. The Bertz CT molecular complexity index is 219. The molecule has 1 heterocycles. The van der Waals surface area contributed by atoms with Gasteiger partial charge in [-0.05, 0) is 33.7 Å². The lowest BCUT2D eigenvalue weighted by Crippen LogP contribution is -2.49. The summed E-state index contributed by atoms with van der Waals surface area (Å²) in [6.45, 7) is 7.56. The van der Waals surface area contributed by atoms with Crippen molar-refractivity contribution >= 4 is 0 Å². The van der Waals surface area contributed by atoms with E-state index in [1.54, 1.807) is 0 Å². The zero-order chi connectivity index (χ0) is 11.6. The van der Waals surface area contributed by atoms with E-state index in [4.69, 9.17) is 9.47 Å². The molecule has 2 aliphatic rings. The quantitative estimate of drug-likeness (QED) is 0.755. The van der Waals surface area contributed by atoms with Gasteiger partial charge in [-0.1, -0.05) is 0 Å². The van der Waals surface area contributed by atoms with Crippen molar-refractivity contribution in [2.24, 2.45) is 0 Å². The van der Waals surface area contributed by atoms with E-state index in [0.29, 0.717) is 6.04 Å². The Balaban J connectivity index is 1.56.